The van der Waals surface area contributed by atoms with Crippen LogP contribution in [0.2, 0.25) is 10.0 Å². The van der Waals surface area contributed by atoms with Crippen LogP contribution in [0.4, 0.5) is 10.1 Å². The maximum absolute atomic E-state index is 14.3. The molecule has 4 rings (SSSR count). The Morgan fingerprint density at radius 2 is 1.50 bits per heavy atom. The van der Waals surface area contributed by atoms with Crippen LogP contribution >= 0.6 is 23.2 Å². The van der Waals surface area contributed by atoms with E-state index < -0.39 is 34.3 Å². The third-order valence-electron chi connectivity index (χ3n) is 6.89. The summed E-state index contributed by atoms with van der Waals surface area (Å²) in [4.78, 5) is 29.3. The van der Waals surface area contributed by atoms with Gasteiger partial charge in [-0.25, -0.2) is 12.8 Å². The number of benzene rings is 4. The van der Waals surface area contributed by atoms with Gasteiger partial charge in [0.1, 0.15) is 18.4 Å². The number of rotatable bonds is 13. The van der Waals surface area contributed by atoms with Crippen molar-refractivity contribution in [2.24, 2.45) is 0 Å². The maximum atomic E-state index is 14.3. The molecule has 230 valence electrons. The fourth-order valence-electron chi connectivity index (χ4n) is 4.60. The second-order valence-electron chi connectivity index (χ2n) is 10.1. The summed E-state index contributed by atoms with van der Waals surface area (Å²) in [7, 11) is -4.32. The molecule has 0 radical (unpaired) electrons. The molecule has 0 saturated heterocycles. The minimum atomic E-state index is -4.32. The monoisotopic (exact) mass is 655 g/mol. The highest BCUT2D eigenvalue weighted by atomic mass is 35.5. The normalized spacial score (nSPS) is 11.9. The molecule has 0 spiro atoms. The van der Waals surface area contributed by atoms with Gasteiger partial charge in [-0.15, -0.1) is 0 Å². The zero-order valence-corrected chi connectivity index (χ0v) is 26.3. The Morgan fingerprint density at radius 1 is 0.864 bits per heavy atom. The molecule has 0 aliphatic carbocycles. The second kappa shape index (κ2) is 15.2. The molecule has 0 aliphatic rings. The van der Waals surface area contributed by atoms with Gasteiger partial charge < -0.3 is 10.2 Å². The number of hydrogen-bond donors (Lipinski definition) is 1. The van der Waals surface area contributed by atoms with Gasteiger partial charge in [-0.2, -0.15) is 0 Å². The second-order valence-corrected chi connectivity index (χ2v) is 12.8. The van der Waals surface area contributed by atoms with E-state index in [1.807, 2.05) is 37.3 Å². The molecular formula is C33H32Cl2FN3O4S. The molecule has 4 aromatic rings. The fourth-order valence-corrected chi connectivity index (χ4v) is 6.32. The van der Waals surface area contributed by atoms with Gasteiger partial charge >= 0.3 is 0 Å². The first-order valence-electron chi connectivity index (χ1n) is 14.0. The molecule has 0 fully saturated rings. The summed E-state index contributed by atoms with van der Waals surface area (Å²) in [6.45, 7) is 1.63. The first-order valence-corrected chi connectivity index (χ1v) is 16.2. The van der Waals surface area contributed by atoms with Crippen LogP contribution in [-0.2, 0) is 32.6 Å². The molecule has 0 bridgehead atoms. The summed E-state index contributed by atoms with van der Waals surface area (Å²) in [5, 5.41) is 3.09. The van der Waals surface area contributed by atoms with Gasteiger partial charge in [0.05, 0.1) is 15.6 Å². The summed E-state index contributed by atoms with van der Waals surface area (Å²) in [6, 6.07) is 26.1. The molecule has 44 heavy (non-hydrogen) atoms. The molecule has 0 unspecified atom stereocenters. The number of amides is 2. The van der Waals surface area contributed by atoms with E-state index in [9.17, 15) is 22.4 Å². The number of hydrogen-bond acceptors (Lipinski definition) is 4. The highest BCUT2D eigenvalue weighted by Crippen LogP contribution is 2.28. The largest absolute Gasteiger partial charge is 0.354 e. The summed E-state index contributed by atoms with van der Waals surface area (Å²) >= 11 is 12.2. The molecular weight excluding hydrogens is 624 g/mol. The summed E-state index contributed by atoms with van der Waals surface area (Å²) in [6.07, 6.45) is 0.868. The van der Waals surface area contributed by atoms with Gasteiger partial charge in [-0.3, -0.25) is 13.9 Å². The van der Waals surface area contributed by atoms with Crippen molar-refractivity contribution in [1.82, 2.24) is 10.2 Å². The van der Waals surface area contributed by atoms with E-state index in [0.29, 0.717) is 23.6 Å². The van der Waals surface area contributed by atoms with Crippen molar-refractivity contribution in [2.45, 2.75) is 37.2 Å². The maximum Gasteiger partial charge on any atom is 0.264 e. The van der Waals surface area contributed by atoms with Gasteiger partial charge in [-0.1, -0.05) is 90.8 Å². The van der Waals surface area contributed by atoms with E-state index in [2.05, 4.69) is 5.32 Å². The molecule has 0 heterocycles. The quantitative estimate of drug-likeness (QED) is 0.178. The van der Waals surface area contributed by atoms with Crippen molar-refractivity contribution < 1.29 is 22.4 Å². The van der Waals surface area contributed by atoms with E-state index in [1.54, 1.807) is 42.5 Å². The fraction of sp³-hybridized carbons (Fsp3) is 0.212. The van der Waals surface area contributed by atoms with Crippen LogP contribution < -0.4 is 9.62 Å². The minimum Gasteiger partial charge on any atom is -0.354 e. The third-order valence-corrected chi connectivity index (χ3v) is 9.22. The molecule has 7 nitrogen and oxygen atoms in total. The molecule has 0 aromatic heterocycles. The number of carbonyl (C=O) groups excluding carboxylic acids is 2. The van der Waals surface area contributed by atoms with Crippen molar-refractivity contribution >= 4 is 50.7 Å². The smallest absolute Gasteiger partial charge is 0.264 e. The lowest BCUT2D eigenvalue weighted by Crippen LogP contribution is -2.53. The van der Waals surface area contributed by atoms with Crippen LogP contribution in [0, 0.1) is 5.82 Å². The van der Waals surface area contributed by atoms with Gasteiger partial charge in [-0.05, 0) is 60.0 Å². The van der Waals surface area contributed by atoms with E-state index in [1.165, 1.54) is 23.1 Å². The Morgan fingerprint density at radius 3 is 2.11 bits per heavy atom. The zero-order chi connectivity index (χ0) is 31.7. The first kappa shape index (κ1) is 33.0. The standard InChI is InChI=1S/C33H32Cl2FN3O4S/c1-2-19-37-33(41)31(20-24-9-5-3-6-10-24)38(22-25-13-15-26(34)16-14-25)32(40)23-39(27-17-18-30(36)29(35)21-27)44(42,43)28-11-7-4-8-12-28/h3-18,21,31H,2,19-20,22-23H2,1H3,(H,37,41)/t31-/m1/s1. The minimum absolute atomic E-state index is 0.00353. The average molecular weight is 657 g/mol. The molecule has 11 heteroatoms. The Labute approximate surface area is 267 Å². The van der Waals surface area contributed by atoms with E-state index in [0.717, 1.165) is 22.0 Å². The number of nitrogens with one attached hydrogen (secondary N) is 1. The van der Waals surface area contributed by atoms with Gasteiger partial charge in [0.25, 0.3) is 10.0 Å². The van der Waals surface area contributed by atoms with Gasteiger partial charge in [0, 0.05) is 24.5 Å². The van der Waals surface area contributed by atoms with E-state index >= 15 is 0 Å². The van der Waals surface area contributed by atoms with Crippen LogP contribution in [0.15, 0.2) is 108 Å². The predicted octanol–water partition coefficient (Wildman–Crippen LogP) is 6.49. The molecule has 0 aliphatic heterocycles. The summed E-state index contributed by atoms with van der Waals surface area (Å²) in [5.74, 6) is -1.76. The third kappa shape index (κ3) is 8.37. The van der Waals surface area contributed by atoms with Crippen LogP contribution in [-0.4, -0.2) is 44.3 Å². The number of halogens is 3. The van der Waals surface area contributed by atoms with Crippen molar-refractivity contribution in [3.63, 3.8) is 0 Å². The Hall–Kier alpha value is -3.92. The molecule has 0 saturated carbocycles. The average Bonchev–Trinajstić information content (AvgIpc) is 3.03. The van der Waals surface area contributed by atoms with Crippen LogP contribution in [0.1, 0.15) is 24.5 Å². The van der Waals surface area contributed by atoms with Crippen molar-refractivity contribution in [3.05, 3.63) is 130 Å². The number of nitrogens with zero attached hydrogens (tertiary/aromatic N) is 2. The lowest BCUT2D eigenvalue weighted by Gasteiger charge is -2.34. The van der Waals surface area contributed by atoms with E-state index in [-0.39, 0.29) is 34.5 Å². The van der Waals surface area contributed by atoms with Crippen molar-refractivity contribution in [2.75, 3.05) is 17.4 Å². The first-order chi connectivity index (χ1) is 21.1. The van der Waals surface area contributed by atoms with E-state index in [4.69, 9.17) is 23.2 Å². The van der Waals surface area contributed by atoms with Crippen LogP contribution in [0.25, 0.3) is 0 Å². The Bertz CT molecular complexity index is 1670. The summed E-state index contributed by atoms with van der Waals surface area (Å²) in [5.41, 5.74) is 1.50. The zero-order valence-electron chi connectivity index (χ0n) is 24.0. The molecule has 4 aromatic carbocycles. The number of carbonyl (C=O) groups is 2. The highest BCUT2D eigenvalue weighted by Gasteiger charge is 2.34. The topological polar surface area (TPSA) is 86.8 Å². The Balaban J connectivity index is 1.80. The molecule has 2 amide bonds. The molecule has 1 atom stereocenters. The lowest BCUT2D eigenvalue weighted by molar-refractivity contribution is -0.140. The predicted molar refractivity (Wildman–Crippen MR) is 172 cm³/mol. The van der Waals surface area contributed by atoms with Gasteiger partial charge in [0.15, 0.2) is 0 Å². The highest BCUT2D eigenvalue weighted by molar-refractivity contribution is 7.92. The number of sulfonamides is 1. The van der Waals surface area contributed by atoms with Crippen LogP contribution in [0.3, 0.4) is 0 Å². The molecule has 1 N–H and O–H groups in total. The van der Waals surface area contributed by atoms with Crippen LogP contribution in [0.5, 0.6) is 0 Å². The SMILES string of the molecule is CCCNC(=O)[C@@H](Cc1ccccc1)N(Cc1ccc(Cl)cc1)C(=O)CN(c1ccc(F)c(Cl)c1)S(=O)(=O)c1ccccc1. The van der Waals surface area contributed by atoms with Gasteiger partial charge in [0.2, 0.25) is 11.8 Å². The summed E-state index contributed by atoms with van der Waals surface area (Å²) < 4.78 is 42.9. The van der Waals surface area contributed by atoms with Crippen molar-refractivity contribution in [1.29, 1.82) is 0 Å². The number of anilines is 1. The van der Waals surface area contributed by atoms with Crippen molar-refractivity contribution in [3.8, 4) is 0 Å². The Kier molecular flexibility index (Phi) is 11.4. The lowest BCUT2D eigenvalue weighted by atomic mass is 10.0.